The summed E-state index contributed by atoms with van der Waals surface area (Å²) in [5.74, 6) is 1.21. The highest BCUT2D eigenvalue weighted by Crippen LogP contribution is 2.35. The first-order valence-electron chi connectivity index (χ1n) is 9.13. The van der Waals surface area contributed by atoms with Crippen LogP contribution in [0.5, 0.6) is 0 Å². The van der Waals surface area contributed by atoms with E-state index in [1.807, 2.05) is 18.2 Å². The van der Waals surface area contributed by atoms with Gasteiger partial charge >= 0.3 is 0 Å². The fraction of sp³-hybridized carbons (Fsp3) is 0.318. The van der Waals surface area contributed by atoms with E-state index in [0.29, 0.717) is 17.9 Å². The minimum absolute atomic E-state index is 0.0736. The van der Waals surface area contributed by atoms with Gasteiger partial charge in [-0.15, -0.1) is 0 Å². The molecule has 1 aliphatic heterocycles. The number of carbonyl (C=O) groups excluding carboxylic acids is 1. The summed E-state index contributed by atoms with van der Waals surface area (Å²) in [7, 11) is 0. The highest BCUT2D eigenvalue weighted by atomic mass is 19.1. The third-order valence-electron chi connectivity index (χ3n) is 5.14. The molecule has 1 aromatic heterocycles. The van der Waals surface area contributed by atoms with Crippen LogP contribution in [0.2, 0.25) is 0 Å². The Bertz CT molecular complexity index is 929. The van der Waals surface area contributed by atoms with Crippen molar-refractivity contribution in [1.82, 2.24) is 4.90 Å². The number of carbonyl (C=O) groups is 1. The van der Waals surface area contributed by atoms with Crippen LogP contribution < -0.4 is 0 Å². The lowest BCUT2D eigenvalue weighted by atomic mass is 9.96. The van der Waals surface area contributed by atoms with E-state index in [1.165, 1.54) is 23.1 Å². The molecule has 0 fully saturated rings. The summed E-state index contributed by atoms with van der Waals surface area (Å²) in [5.41, 5.74) is 2.82. The molecule has 3 nitrogen and oxygen atoms in total. The van der Waals surface area contributed by atoms with Crippen molar-refractivity contribution in [3.8, 4) is 0 Å². The van der Waals surface area contributed by atoms with Crippen molar-refractivity contribution >= 4 is 16.8 Å². The number of fused-ring (bicyclic) bond motifs is 3. The average Bonchev–Trinajstić information content (AvgIpc) is 3.02. The molecular formula is C22H22FNO2. The summed E-state index contributed by atoms with van der Waals surface area (Å²) in [6.07, 6.45) is 1.28. The van der Waals surface area contributed by atoms with Crippen molar-refractivity contribution in [2.75, 3.05) is 13.1 Å². The molecule has 1 unspecified atom stereocenters. The molecule has 0 N–H and O–H groups in total. The summed E-state index contributed by atoms with van der Waals surface area (Å²) in [4.78, 5) is 14.6. The number of hydrogen-bond donors (Lipinski definition) is 0. The van der Waals surface area contributed by atoms with Gasteiger partial charge in [0.2, 0.25) is 0 Å². The number of Topliss-reactive ketones (excluding diaryl/α,β-unsaturated/α-hetero) is 1. The van der Waals surface area contributed by atoms with Gasteiger partial charge in [-0.1, -0.05) is 25.1 Å². The Labute approximate surface area is 152 Å². The lowest BCUT2D eigenvalue weighted by Gasteiger charge is -2.30. The number of benzene rings is 2. The van der Waals surface area contributed by atoms with E-state index in [0.717, 1.165) is 37.4 Å². The van der Waals surface area contributed by atoms with Gasteiger partial charge in [-0.3, -0.25) is 9.69 Å². The van der Waals surface area contributed by atoms with Crippen LogP contribution in [0.25, 0.3) is 11.0 Å². The Morgan fingerprint density at radius 3 is 2.77 bits per heavy atom. The second-order valence-electron chi connectivity index (χ2n) is 7.11. The van der Waals surface area contributed by atoms with Gasteiger partial charge in [-0.2, -0.15) is 0 Å². The van der Waals surface area contributed by atoms with Crippen molar-refractivity contribution in [3.05, 3.63) is 71.2 Å². The minimum Gasteiger partial charge on any atom is -0.460 e. The first kappa shape index (κ1) is 17.0. The second-order valence-corrected chi connectivity index (χ2v) is 7.11. The molecule has 0 saturated heterocycles. The smallest absolute Gasteiger partial charge is 0.162 e. The van der Waals surface area contributed by atoms with Crippen molar-refractivity contribution in [2.24, 2.45) is 0 Å². The van der Waals surface area contributed by atoms with Crippen molar-refractivity contribution in [2.45, 2.75) is 32.2 Å². The van der Waals surface area contributed by atoms with Gasteiger partial charge in [0.15, 0.2) is 5.78 Å². The lowest BCUT2D eigenvalue weighted by molar-refractivity contribution is 0.0972. The number of hydrogen-bond acceptors (Lipinski definition) is 3. The number of ketones is 1. The molecule has 0 saturated carbocycles. The Morgan fingerprint density at radius 2 is 1.96 bits per heavy atom. The fourth-order valence-corrected chi connectivity index (χ4v) is 3.85. The van der Waals surface area contributed by atoms with E-state index < -0.39 is 0 Å². The van der Waals surface area contributed by atoms with Crippen molar-refractivity contribution in [1.29, 1.82) is 0 Å². The lowest BCUT2D eigenvalue weighted by Crippen LogP contribution is -2.33. The van der Waals surface area contributed by atoms with Crippen molar-refractivity contribution in [3.63, 3.8) is 0 Å². The van der Waals surface area contributed by atoms with Crippen LogP contribution in [0, 0.1) is 5.82 Å². The van der Waals surface area contributed by atoms with E-state index in [-0.39, 0.29) is 11.6 Å². The van der Waals surface area contributed by atoms with Gasteiger partial charge in [0.1, 0.15) is 17.2 Å². The summed E-state index contributed by atoms with van der Waals surface area (Å²) >= 11 is 0. The fourth-order valence-electron chi connectivity index (χ4n) is 3.85. The van der Waals surface area contributed by atoms with Crippen molar-refractivity contribution < 1.29 is 13.6 Å². The van der Waals surface area contributed by atoms with E-state index in [4.69, 9.17) is 4.42 Å². The molecule has 2 heterocycles. The summed E-state index contributed by atoms with van der Waals surface area (Å²) < 4.78 is 19.0. The van der Waals surface area contributed by atoms with E-state index >= 15 is 0 Å². The van der Waals surface area contributed by atoms with Crippen LogP contribution in [0.3, 0.4) is 0 Å². The van der Waals surface area contributed by atoms with E-state index in [9.17, 15) is 9.18 Å². The maximum atomic E-state index is 13.0. The number of nitrogens with zero attached hydrogens (tertiary/aromatic N) is 1. The maximum absolute atomic E-state index is 13.0. The molecule has 0 amide bonds. The molecular weight excluding hydrogens is 329 g/mol. The maximum Gasteiger partial charge on any atom is 0.162 e. The molecule has 0 aliphatic carbocycles. The second kappa shape index (κ2) is 7.04. The largest absolute Gasteiger partial charge is 0.460 e. The van der Waals surface area contributed by atoms with Crippen LogP contribution in [-0.2, 0) is 6.54 Å². The molecule has 4 heteroatoms. The SMILES string of the molecule is CC1CN(CCCC(=O)c2ccc(F)cc2)Cc2c1oc1ccccc21. The Kier molecular flexibility index (Phi) is 4.60. The number of para-hydroxylation sites is 1. The highest BCUT2D eigenvalue weighted by molar-refractivity contribution is 5.95. The summed E-state index contributed by atoms with van der Waals surface area (Å²) in [5, 5.41) is 1.20. The van der Waals surface area contributed by atoms with Gasteiger partial charge in [-0.05, 0) is 43.3 Å². The quantitative estimate of drug-likeness (QED) is 0.596. The van der Waals surface area contributed by atoms with Crippen LogP contribution in [0.1, 0.15) is 47.4 Å². The Balaban J connectivity index is 1.39. The van der Waals surface area contributed by atoms with Gasteiger partial charge in [-0.25, -0.2) is 4.39 Å². The zero-order valence-corrected chi connectivity index (χ0v) is 14.9. The number of furan rings is 1. The first-order valence-corrected chi connectivity index (χ1v) is 9.13. The van der Waals surface area contributed by atoms with Gasteiger partial charge in [0, 0.05) is 41.9 Å². The Morgan fingerprint density at radius 1 is 1.19 bits per heavy atom. The van der Waals surface area contributed by atoms with Gasteiger partial charge in [0.05, 0.1) is 0 Å². The van der Waals surface area contributed by atoms with Crippen LogP contribution >= 0.6 is 0 Å². The van der Waals surface area contributed by atoms with Crippen LogP contribution in [0.15, 0.2) is 52.9 Å². The molecule has 0 bridgehead atoms. The standard InChI is InChI=1S/C22H22FNO2/c1-15-13-24(12-4-6-20(25)16-8-10-17(23)11-9-16)14-19-18-5-2-3-7-21(18)26-22(15)19/h2-3,5,7-11,15H,4,6,12-14H2,1H3. The molecule has 0 spiro atoms. The highest BCUT2D eigenvalue weighted by Gasteiger charge is 2.27. The third-order valence-corrected chi connectivity index (χ3v) is 5.14. The van der Waals surface area contributed by atoms with Crippen LogP contribution in [0.4, 0.5) is 4.39 Å². The summed E-state index contributed by atoms with van der Waals surface area (Å²) in [6.45, 7) is 4.87. The first-order chi connectivity index (χ1) is 12.6. The van der Waals surface area contributed by atoms with Gasteiger partial charge < -0.3 is 4.42 Å². The molecule has 134 valence electrons. The average molecular weight is 351 g/mol. The molecule has 2 aromatic carbocycles. The van der Waals surface area contributed by atoms with E-state index in [1.54, 1.807) is 12.1 Å². The molecule has 26 heavy (non-hydrogen) atoms. The Hall–Kier alpha value is -2.46. The van der Waals surface area contributed by atoms with E-state index in [2.05, 4.69) is 17.9 Å². The third kappa shape index (κ3) is 3.29. The zero-order chi connectivity index (χ0) is 18.1. The normalized spacial score (nSPS) is 17.4. The molecule has 4 rings (SSSR count). The zero-order valence-electron chi connectivity index (χ0n) is 14.9. The monoisotopic (exact) mass is 351 g/mol. The number of halogens is 1. The molecule has 1 atom stereocenters. The minimum atomic E-state index is -0.313. The topological polar surface area (TPSA) is 33.5 Å². The summed E-state index contributed by atoms with van der Waals surface area (Å²) in [6, 6.07) is 14.0. The van der Waals surface area contributed by atoms with Crippen LogP contribution in [-0.4, -0.2) is 23.8 Å². The predicted molar refractivity (Wildman–Crippen MR) is 99.9 cm³/mol. The van der Waals surface area contributed by atoms with Gasteiger partial charge in [0.25, 0.3) is 0 Å². The molecule has 1 aliphatic rings. The molecule has 3 aromatic rings. The number of rotatable bonds is 5. The predicted octanol–water partition coefficient (Wildman–Crippen LogP) is 5.15. The molecule has 0 radical (unpaired) electrons.